The molecule has 5 rings (SSSR count). The SMILES string of the molecule is Cl.O=C(c1ccccc1-c1ncc(-c2ccccc2)o1)N1CCC2CCC(C1)N2. The zero-order valence-electron chi connectivity index (χ0n) is 16.1. The highest BCUT2D eigenvalue weighted by molar-refractivity contribution is 6.00. The molecule has 2 fully saturated rings. The van der Waals surface area contributed by atoms with Crippen molar-refractivity contribution in [2.24, 2.45) is 0 Å². The summed E-state index contributed by atoms with van der Waals surface area (Å²) in [6.45, 7) is 1.56. The predicted octanol–water partition coefficient (Wildman–Crippen LogP) is 4.40. The number of oxazole rings is 1. The van der Waals surface area contributed by atoms with Gasteiger partial charge in [-0.25, -0.2) is 4.98 Å². The molecule has 2 aliphatic heterocycles. The summed E-state index contributed by atoms with van der Waals surface area (Å²) in [5.74, 6) is 1.25. The largest absolute Gasteiger partial charge is 0.436 e. The molecule has 2 aromatic carbocycles. The van der Waals surface area contributed by atoms with Gasteiger partial charge in [0.2, 0.25) is 5.89 Å². The Morgan fingerprint density at radius 1 is 1.00 bits per heavy atom. The van der Waals surface area contributed by atoms with Crippen LogP contribution in [0.2, 0.25) is 0 Å². The predicted molar refractivity (Wildman–Crippen MR) is 115 cm³/mol. The molecule has 3 heterocycles. The Hall–Kier alpha value is -2.63. The Labute approximate surface area is 176 Å². The summed E-state index contributed by atoms with van der Waals surface area (Å²) in [4.78, 5) is 19.8. The van der Waals surface area contributed by atoms with E-state index in [4.69, 9.17) is 4.42 Å². The minimum Gasteiger partial charge on any atom is -0.436 e. The first kappa shape index (κ1) is 19.7. The van der Waals surface area contributed by atoms with Crippen LogP contribution in [0.1, 0.15) is 29.6 Å². The van der Waals surface area contributed by atoms with Crippen LogP contribution in [-0.2, 0) is 0 Å². The van der Waals surface area contributed by atoms with Crippen LogP contribution in [0, 0.1) is 0 Å². The zero-order valence-corrected chi connectivity index (χ0v) is 16.9. The number of hydrogen-bond acceptors (Lipinski definition) is 4. The van der Waals surface area contributed by atoms with E-state index in [0.717, 1.165) is 37.1 Å². The number of halogens is 1. The van der Waals surface area contributed by atoms with Gasteiger partial charge >= 0.3 is 0 Å². The second-order valence-corrected chi connectivity index (χ2v) is 7.62. The van der Waals surface area contributed by atoms with Gasteiger partial charge in [-0.05, 0) is 31.4 Å². The normalized spacial score (nSPS) is 20.8. The molecule has 2 unspecified atom stereocenters. The van der Waals surface area contributed by atoms with Gasteiger partial charge in [0.25, 0.3) is 5.91 Å². The van der Waals surface area contributed by atoms with Crippen molar-refractivity contribution in [2.45, 2.75) is 31.3 Å². The number of amides is 1. The number of likely N-dealkylation sites (tertiary alicyclic amines) is 1. The summed E-state index contributed by atoms with van der Waals surface area (Å²) in [6, 6.07) is 18.5. The average molecular weight is 410 g/mol. The van der Waals surface area contributed by atoms with Gasteiger partial charge in [-0.1, -0.05) is 42.5 Å². The first-order valence-electron chi connectivity index (χ1n) is 9.94. The highest BCUT2D eigenvalue weighted by atomic mass is 35.5. The fourth-order valence-electron chi connectivity index (χ4n) is 4.29. The number of aromatic nitrogens is 1. The quantitative estimate of drug-likeness (QED) is 0.696. The average Bonchev–Trinajstić information content (AvgIpc) is 3.35. The molecular weight excluding hydrogens is 386 g/mol. The first-order chi connectivity index (χ1) is 13.8. The number of nitrogens with one attached hydrogen (secondary N) is 1. The fraction of sp³-hybridized carbons (Fsp3) is 0.304. The van der Waals surface area contributed by atoms with Crippen molar-refractivity contribution in [1.29, 1.82) is 0 Å². The first-order valence-corrected chi connectivity index (χ1v) is 9.94. The van der Waals surface area contributed by atoms with E-state index in [1.54, 1.807) is 6.20 Å². The molecule has 2 bridgehead atoms. The van der Waals surface area contributed by atoms with Gasteiger partial charge in [-0.2, -0.15) is 0 Å². The lowest BCUT2D eigenvalue weighted by atomic mass is 10.0. The monoisotopic (exact) mass is 409 g/mol. The highest BCUT2D eigenvalue weighted by Gasteiger charge is 2.32. The zero-order chi connectivity index (χ0) is 18.9. The molecule has 1 aromatic heterocycles. The number of nitrogens with zero attached hydrogens (tertiary/aromatic N) is 2. The molecule has 0 spiro atoms. The third kappa shape index (κ3) is 3.93. The number of carbonyl (C=O) groups is 1. The van der Waals surface area contributed by atoms with Gasteiger partial charge < -0.3 is 14.6 Å². The van der Waals surface area contributed by atoms with Crippen molar-refractivity contribution in [1.82, 2.24) is 15.2 Å². The number of rotatable bonds is 3. The van der Waals surface area contributed by atoms with E-state index in [1.165, 1.54) is 6.42 Å². The Morgan fingerprint density at radius 2 is 1.76 bits per heavy atom. The van der Waals surface area contributed by atoms with E-state index in [0.29, 0.717) is 29.3 Å². The van der Waals surface area contributed by atoms with Gasteiger partial charge in [0, 0.05) is 36.3 Å². The van der Waals surface area contributed by atoms with Crippen LogP contribution in [0.15, 0.2) is 65.2 Å². The van der Waals surface area contributed by atoms with E-state index in [1.807, 2.05) is 59.5 Å². The molecule has 2 atom stereocenters. The summed E-state index contributed by atoms with van der Waals surface area (Å²) in [7, 11) is 0. The molecule has 3 aromatic rings. The Kier molecular flexibility index (Phi) is 5.69. The van der Waals surface area contributed by atoms with Crippen LogP contribution in [0.3, 0.4) is 0 Å². The van der Waals surface area contributed by atoms with Crippen LogP contribution in [0.25, 0.3) is 22.8 Å². The lowest BCUT2D eigenvalue weighted by molar-refractivity contribution is 0.0748. The second kappa shape index (κ2) is 8.39. The molecule has 5 nitrogen and oxygen atoms in total. The molecule has 150 valence electrons. The standard InChI is InChI=1S/C23H23N3O2.ClH/c27-23(26-13-12-17-10-11-18(15-26)25-17)20-9-5-4-8-19(20)22-24-14-21(28-22)16-6-2-1-3-7-16;/h1-9,14,17-18,25H,10-13,15H2;1H. The van der Waals surface area contributed by atoms with Crippen molar-refractivity contribution >= 4 is 18.3 Å². The number of fused-ring (bicyclic) bond motifs is 2. The summed E-state index contributed by atoms with van der Waals surface area (Å²) >= 11 is 0. The minimum atomic E-state index is 0. The van der Waals surface area contributed by atoms with Crippen molar-refractivity contribution in [3.8, 4) is 22.8 Å². The molecule has 2 aliphatic rings. The lowest BCUT2D eigenvalue weighted by Gasteiger charge is -2.25. The molecule has 6 heteroatoms. The van der Waals surface area contributed by atoms with E-state index >= 15 is 0 Å². The summed E-state index contributed by atoms with van der Waals surface area (Å²) in [5, 5.41) is 3.63. The maximum absolute atomic E-state index is 13.3. The highest BCUT2D eigenvalue weighted by Crippen LogP contribution is 2.29. The number of carbonyl (C=O) groups excluding carboxylic acids is 1. The van der Waals surface area contributed by atoms with E-state index in [2.05, 4.69) is 10.3 Å². The van der Waals surface area contributed by atoms with E-state index in [9.17, 15) is 4.79 Å². The third-order valence-electron chi connectivity index (χ3n) is 5.76. The Morgan fingerprint density at radius 3 is 2.62 bits per heavy atom. The van der Waals surface area contributed by atoms with Crippen LogP contribution in [-0.4, -0.2) is 41.0 Å². The van der Waals surface area contributed by atoms with Crippen molar-refractivity contribution in [2.75, 3.05) is 13.1 Å². The fourth-order valence-corrected chi connectivity index (χ4v) is 4.29. The summed E-state index contributed by atoms with van der Waals surface area (Å²) in [5.41, 5.74) is 2.37. The summed E-state index contributed by atoms with van der Waals surface area (Å²) in [6.07, 6.45) is 5.11. The van der Waals surface area contributed by atoms with Gasteiger partial charge in [0.15, 0.2) is 5.76 Å². The molecule has 0 saturated carbocycles. The van der Waals surface area contributed by atoms with Gasteiger partial charge in [0.05, 0.1) is 11.8 Å². The maximum Gasteiger partial charge on any atom is 0.254 e. The maximum atomic E-state index is 13.3. The van der Waals surface area contributed by atoms with Gasteiger partial charge in [-0.3, -0.25) is 4.79 Å². The van der Waals surface area contributed by atoms with E-state index in [-0.39, 0.29) is 18.3 Å². The summed E-state index contributed by atoms with van der Waals surface area (Å²) < 4.78 is 6.01. The number of hydrogen-bond donors (Lipinski definition) is 1. The van der Waals surface area contributed by atoms with Crippen molar-refractivity contribution in [3.05, 3.63) is 66.4 Å². The van der Waals surface area contributed by atoms with Gasteiger partial charge in [0.1, 0.15) is 0 Å². The molecular formula is C23H24ClN3O2. The lowest BCUT2D eigenvalue weighted by Crippen LogP contribution is -2.39. The van der Waals surface area contributed by atoms with Crippen molar-refractivity contribution in [3.63, 3.8) is 0 Å². The van der Waals surface area contributed by atoms with Gasteiger partial charge in [-0.15, -0.1) is 12.4 Å². The van der Waals surface area contributed by atoms with Crippen LogP contribution in [0.5, 0.6) is 0 Å². The second-order valence-electron chi connectivity index (χ2n) is 7.62. The van der Waals surface area contributed by atoms with Crippen LogP contribution < -0.4 is 5.32 Å². The smallest absolute Gasteiger partial charge is 0.254 e. The molecule has 29 heavy (non-hydrogen) atoms. The van der Waals surface area contributed by atoms with Crippen LogP contribution >= 0.6 is 12.4 Å². The minimum absolute atomic E-state index is 0. The van der Waals surface area contributed by atoms with Crippen LogP contribution in [0.4, 0.5) is 0 Å². The third-order valence-corrected chi connectivity index (χ3v) is 5.76. The molecule has 0 radical (unpaired) electrons. The molecule has 1 amide bonds. The molecule has 2 saturated heterocycles. The number of benzene rings is 2. The van der Waals surface area contributed by atoms with Crippen molar-refractivity contribution < 1.29 is 9.21 Å². The molecule has 0 aliphatic carbocycles. The Balaban J connectivity index is 0.00000205. The van der Waals surface area contributed by atoms with E-state index < -0.39 is 0 Å². The topological polar surface area (TPSA) is 58.4 Å². The molecule has 1 N–H and O–H groups in total. The Bertz CT molecular complexity index is 989.